The fourth-order valence-electron chi connectivity index (χ4n) is 3.34. The fourth-order valence-corrected chi connectivity index (χ4v) is 4.52. The van der Waals surface area contributed by atoms with Crippen molar-refractivity contribution in [3.05, 3.63) is 51.2 Å². The molecule has 1 aromatic carbocycles. The highest BCUT2D eigenvalue weighted by molar-refractivity contribution is 7.16. The Morgan fingerprint density at radius 2 is 2.00 bits per heavy atom. The van der Waals surface area contributed by atoms with Gasteiger partial charge in [-0.25, -0.2) is 0 Å². The average molecular weight is 354 g/mol. The number of carbonyl (C=O) groups is 1. The molecule has 1 aromatic heterocycles. The second-order valence-electron chi connectivity index (χ2n) is 6.45. The number of fused-ring (bicyclic) bond motifs is 1. The van der Waals surface area contributed by atoms with E-state index < -0.39 is 0 Å². The lowest BCUT2D eigenvalue weighted by Crippen LogP contribution is -2.36. The molecular weight excluding hydrogens is 332 g/mol. The van der Waals surface area contributed by atoms with Crippen molar-refractivity contribution < 1.29 is 9.53 Å². The van der Waals surface area contributed by atoms with Crippen molar-refractivity contribution in [1.29, 1.82) is 0 Å². The van der Waals surface area contributed by atoms with E-state index in [9.17, 15) is 4.79 Å². The van der Waals surface area contributed by atoms with Crippen LogP contribution in [0, 0.1) is 0 Å². The molecule has 0 unspecified atom stereocenters. The van der Waals surface area contributed by atoms with Gasteiger partial charge >= 0.3 is 0 Å². The standard InChI is InChI=1S/C20H22N2O2S/c1-2-3-17(23)18-12-15-13-21-19(20(15)25-18)14-4-6-16(7-5-14)22-8-10-24-11-9-22/h4-7,12H,2-3,8-11,13H2,1H3. The largest absolute Gasteiger partial charge is 0.378 e. The second kappa shape index (κ2) is 7.10. The van der Waals surface area contributed by atoms with E-state index in [2.05, 4.69) is 29.2 Å². The van der Waals surface area contributed by atoms with Gasteiger partial charge in [-0.2, -0.15) is 0 Å². The third-order valence-corrected chi connectivity index (χ3v) is 5.93. The predicted octanol–water partition coefficient (Wildman–Crippen LogP) is 3.92. The highest BCUT2D eigenvalue weighted by atomic mass is 32.1. The molecule has 2 aliphatic rings. The summed E-state index contributed by atoms with van der Waals surface area (Å²) in [7, 11) is 0. The molecule has 0 amide bonds. The van der Waals surface area contributed by atoms with Crippen molar-refractivity contribution in [2.24, 2.45) is 4.99 Å². The van der Waals surface area contributed by atoms with Gasteiger partial charge in [-0.3, -0.25) is 9.79 Å². The molecule has 4 rings (SSSR count). The Kier molecular flexibility index (Phi) is 4.68. The number of carbonyl (C=O) groups excluding carboxylic acids is 1. The van der Waals surface area contributed by atoms with Crippen molar-refractivity contribution >= 4 is 28.5 Å². The molecule has 25 heavy (non-hydrogen) atoms. The number of aliphatic imine (C=N–C) groups is 1. The number of ketones is 1. The van der Waals surface area contributed by atoms with E-state index >= 15 is 0 Å². The van der Waals surface area contributed by atoms with Crippen LogP contribution in [0.15, 0.2) is 35.3 Å². The van der Waals surface area contributed by atoms with Gasteiger partial charge in [0.1, 0.15) is 0 Å². The number of morpholine rings is 1. The highest BCUT2D eigenvalue weighted by Crippen LogP contribution is 2.32. The molecule has 5 heteroatoms. The summed E-state index contributed by atoms with van der Waals surface area (Å²) in [5.74, 6) is 0.254. The van der Waals surface area contributed by atoms with Crippen molar-refractivity contribution in [3.63, 3.8) is 0 Å². The van der Waals surface area contributed by atoms with Crippen LogP contribution < -0.4 is 4.90 Å². The lowest BCUT2D eigenvalue weighted by atomic mass is 10.1. The molecule has 0 spiro atoms. The van der Waals surface area contributed by atoms with Crippen LogP contribution in [0.3, 0.4) is 0 Å². The first-order valence-corrected chi connectivity index (χ1v) is 9.72. The number of nitrogens with zero attached hydrogens (tertiary/aromatic N) is 2. The Balaban J connectivity index is 1.55. The van der Waals surface area contributed by atoms with Gasteiger partial charge in [0, 0.05) is 30.8 Å². The highest BCUT2D eigenvalue weighted by Gasteiger charge is 2.23. The Morgan fingerprint density at radius 1 is 1.24 bits per heavy atom. The fraction of sp³-hybridized carbons (Fsp3) is 0.400. The number of anilines is 1. The molecule has 0 bridgehead atoms. The van der Waals surface area contributed by atoms with E-state index in [-0.39, 0.29) is 5.78 Å². The monoisotopic (exact) mass is 354 g/mol. The van der Waals surface area contributed by atoms with Crippen molar-refractivity contribution in [3.8, 4) is 0 Å². The Morgan fingerprint density at radius 3 is 2.72 bits per heavy atom. The number of thiophene rings is 1. The van der Waals surface area contributed by atoms with E-state index in [1.54, 1.807) is 11.3 Å². The van der Waals surface area contributed by atoms with Crippen LogP contribution in [0.5, 0.6) is 0 Å². The molecule has 2 aliphatic heterocycles. The summed E-state index contributed by atoms with van der Waals surface area (Å²) in [6.07, 6.45) is 1.52. The molecule has 0 aliphatic carbocycles. The summed E-state index contributed by atoms with van der Waals surface area (Å²) in [5.41, 5.74) is 4.59. The lowest BCUT2D eigenvalue weighted by molar-refractivity contribution is 0.0985. The maximum atomic E-state index is 12.2. The summed E-state index contributed by atoms with van der Waals surface area (Å²) in [4.78, 5) is 21.3. The van der Waals surface area contributed by atoms with Gasteiger partial charge in [0.2, 0.25) is 0 Å². The minimum atomic E-state index is 0.254. The second-order valence-corrected chi connectivity index (χ2v) is 7.50. The first-order chi connectivity index (χ1) is 12.3. The van der Waals surface area contributed by atoms with Gasteiger partial charge in [0.15, 0.2) is 5.78 Å². The summed E-state index contributed by atoms with van der Waals surface area (Å²) in [6.45, 7) is 6.20. The molecule has 130 valence electrons. The third-order valence-electron chi connectivity index (χ3n) is 4.70. The molecule has 0 atom stereocenters. The Hall–Kier alpha value is -1.98. The molecule has 4 nitrogen and oxygen atoms in total. The van der Waals surface area contributed by atoms with Crippen molar-refractivity contribution in [2.75, 3.05) is 31.2 Å². The minimum Gasteiger partial charge on any atom is -0.378 e. The van der Waals surface area contributed by atoms with Crippen LogP contribution >= 0.6 is 11.3 Å². The summed E-state index contributed by atoms with van der Waals surface area (Å²) < 4.78 is 5.42. The van der Waals surface area contributed by atoms with Crippen LogP contribution in [-0.4, -0.2) is 37.8 Å². The van der Waals surface area contributed by atoms with Crippen LogP contribution in [0.1, 0.15) is 45.4 Å². The molecule has 3 heterocycles. The SMILES string of the molecule is CCCC(=O)c1cc2c(s1)C(c1ccc(N3CCOCC3)cc1)=NC2. The van der Waals surface area contributed by atoms with Gasteiger partial charge in [-0.15, -0.1) is 11.3 Å². The Labute approximate surface area is 152 Å². The van der Waals surface area contributed by atoms with Crippen LogP contribution in [0.25, 0.3) is 0 Å². The topological polar surface area (TPSA) is 41.9 Å². The zero-order valence-corrected chi connectivity index (χ0v) is 15.3. The summed E-state index contributed by atoms with van der Waals surface area (Å²) in [5, 5.41) is 0. The van der Waals surface area contributed by atoms with Gasteiger partial charge < -0.3 is 9.64 Å². The smallest absolute Gasteiger partial charge is 0.172 e. The predicted molar refractivity (Wildman–Crippen MR) is 102 cm³/mol. The molecular formula is C20H22N2O2S. The molecule has 0 radical (unpaired) electrons. The van der Waals surface area contributed by atoms with Crippen LogP contribution in [0.2, 0.25) is 0 Å². The summed E-state index contributed by atoms with van der Waals surface area (Å²) >= 11 is 1.60. The minimum absolute atomic E-state index is 0.254. The number of hydrogen-bond donors (Lipinski definition) is 0. The van der Waals surface area contributed by atoms with E-state index in [0.717, 1.165) is 48.9 Å². The number of rotatable bonds is 5. The Bertz CT molecular complexity index is 802. The van der Waals surface area contributed by atoms with Crippen LogP contribution in [-0.2, 0) is 11.3 Å². The van der Waals surface area contributed by atoms with Gasteiger partial charge in [-0.05, 0) is 30.2 Å². The first-order valence-electron chi connectivity index (χ1n) is 8.90. The van der Waals surface area contributed by atoms with Gasteiger partial charge in [0.25, 0.3) is 0 Å². The molecule has 0 N–H and O–H groups in total. The molecule has 1 saturated heterocycles. The maximum absolute atomic E-state index is 12.2. The average Bonchev–Trinajstić information content (AvgIpc) is 3.24. The number of ether oxygens (including phenoxy) is 1. The first kappa shape index (κ1) is 16.5. The third kappa shape index (κ3) is 3.26. The van der Waals surface area contributed by atoms with Gasteiger partial charge in [-0.1, -0.05) is 19.1 Å². The maximum Gasteiger partial charge on any atom is 0.172 e. The van der Waals surface area contributed by atoms with Crippen molar-refractivity contribution in [1.82, 2.24) is 0 Å². The van der Waals surface area contributed by atoms with E-state index in [1.807, 2.05) is 13.0 Å². The quantitative estimate of drug-likeness (QED) is 0.764. The van der Waals surface area contributed by atoms with E-state index in [0.29, 0.717) is 13.0 Å². The zero-order valence-electron chi connectivity index (χ0n) is 14.5. The van der Waals surface area contributed by atoms with Gasteiger partial charge in [0.05, 0.1) is 35.2 Å². The molecule has 2 aromatic rings. The number of Topliss-reactive ketones (excluding diaryl/α,β-unsaturated/α-hetero) is 1. The lowest BCUT2D eigenvalue weighted by Gasteiger charge is -2.28. The van der Waals surface area contributed by atoms with E-state index in [4.69, 9.17) is 9.73 Å². The summed E-state index contributed by atoms with van der Waals surface area (Å²) in [6, 6.07) is 10.7. The number of hydrogen-bond acceptors (Lipinski definition) is 5. The number of benzene rings is 1. The van der Waals surface area contributed by atoms with E-state index in [1.165, 1.54) is 16.1 Å². The zero-order chi connectivity index (χ0) is 17.2. The van der Waals surface area contributed by atoms with Crippen molar-refractivity contribution in [2.45, 2.75) is 26.3 Å². The molecule has 1 fully saturated rings. The van der Waals surface area contributed by atoms with Crippen LogP contribution in [0.4, 0.5) is 5.69 Å². The molecule has 0 saturated carbocycles. The normalized spacial score (nSPS) is 16.7.